The molecule has 0 spiro atoms. The minimum Gasteiger partial charge on any atom is -0.481 e. The first-order valence-electron chi connectivity index (χ1n) is 7.74. The van der Waals surface area contributed by atoms with Crippen molar-refractivity contribution in [2.24, 2.45) is 5.92 Å². The number of hydroxylamine groups is 2. The Morgan fingerprint density at radius 1 is 1.24 bits per heavy atom. The molecule has 3 N–H and O–H groups in total. The van der Waals surface area contributed by atoms with Crippen LogP contribution in [0.2, 0.25) is 0 Å². The van der Waals surface area contributed by atoms with Crippen LogP contribution in [0.15, 0.2) is 0 Å². The van der Waals surface area contributed by atoms with Crippen molar-refractivity contribution in [1.29, 1.82) is 0 Å². The molecule has 1 fully saturated rings. The van der Waals surface area contributed by atoms with Gasteiger partial charge in [-0.05, 0) is 12.3 Å². The van der Waals surface area contributed by atoms with Crippen LogP contribution in [0.25, 0.3) is 0 Å². The van der Waals surface area contributed by atoms with Gasteiger partial charge < -0.3 is 15.5 Å². The summed E-state index contributed by atoms with van der Waals surface area (Å²) in [6.45, 7) is 3.12. The van der Waals surface area contributed by atoms with Gasteiger partial charge in [-0.25, -0.2) is 4.79 Å². The van der Waals surface area contributed by atoms with Gasteiger partial charge in [-0.1, -0.05) is 13.8 Å². The summed E-state index contributed by atoms with van der Waals surface area (Å²) in [5.41, 5.74) is -2.20. The predicted molar refractivity (Wildman–Crippen MR) is 82.1 cm³/mol. The molecule has 10 heteroatoms. The number of carbonyl (C=O) groups excluding carboxylic acids is 3. The molecule has 0 aromatic rings. The number of piperidine rings is 1. The third-order valence-electron chi connectivity index (χ3n) is 4.08. The summed E-state index contributed by atoms with van der Waals surface area (Å²) in [4.78, 5) is 64.6. The molecule has 0 radical (unpaired) electrons. The largest absolute Gasteiger partial charge is 0.481 e. The summed E-state index contributed by atoms with van der Waals surface area (Å²) in [5.74, 6) is -5.49. The second-order valence-corrected chi connectivity index (χ2v) is 6.08. The summed E-state index contributed by atoms with van der Waals surface area (Å²) < 4.78 is 0. The average molecular weight is 358 g/mol. The van der Waals surface area contributed by atoms with Crippen molar-refractivity contribution in [2.75, 3.05) is 7.11 Å². The number of nitrogens with one attached hydrogen (secondary N) is 1. The highest BCUT2D eigenvalue weighted by Crippen LogP contribution is 2.31. The maximum Gasteiger partial charge on any atom is 0.326 e. The van der Waals surface area contributed by atoms with Gasteiger partial charge in [0, 0.05) is 19.3 Å². The number of Topliss-reactive ketones (excluding diaryl/α,β-unsaturated/α-hetero) is 1. The Bertz CT molecular complexity index is 588. The lowest BCUT2D eigenvalue weighted by Crippen LogP contribution is -2.68. The molecular weight excluding hydrogens is 336 g/mol. The van der Waals surface area contributed by atoms with Crippen LogP contribution in [0.4, 0.5) is 0 Å². The lowest BCUT2D eigenvalue weighted by Gasteiger charge is -2.42. The number of hydrogen-bond donors (Lipinski definition) is 3. The van der Waals surface area contributed by atoms with E-state index in [-0.39, 0.29) is 12.8 Å². The molecule has 1 aliphatic heterocycles. The number of rotatable bonds is 8. The first kappa shape index (κ1) is 20.6. The normalized spacial score (nSPS) is 22.0. The monoisotopic (exact) mass is 358 g/mol. The Morgan fingerprint density at radius 3 is 2.28 bits per heavy atom. The molecule has 25 heavy (non-hydrogen) atoms. The average Bonchev–Trinajstić information content (AvgIpc) is 2.52. The number of aliphatic carboxylic acids is 2. The van der Waals surface area contributed by atoms with E-state index in [1.165, 1.54) is 0 Å². The molecule has 0 aromatic carbocycles. The smallest absolute Gasteiger partial charge is 0.326 e. The SMILES string of the molecule is CON1C(=O)CCC(=O)[C@]1(CCC(=O)O)C(=O)N[C@H](C(=O)O)C(C)C. The van der Waals surface area contributed by atoms with Crippen molar-refractivity contribution >= 4 is 29.5 Å². The van der Waals surface area contributed by atoms with Crippen LogP contribution in [0.3, 0.4) is 0 Å². The second-order valence-electron chi connectivity index (χ2n) is 6.08. The van der Waals surface area contributed by atoms with Crippen LogP contribution in [0.1, 0.15) is 39.5 Å². The summed E-state index contributed by atoms with van der Waals surface area (Å²) in [7, 11) is 1.08. The van der Waals surface area contributed by atoms with E-state index in [0.717, 1.165) is 7.11 Å². The van der Waals surface area contributed by atoms with Gasteiger partial charge in [0.15, 0.2) is 5.78 Å². The highest BCUT2D eigenvalue weighted by atomic mass is 16.7. The standard InChI is InChI=1S/C15H22N2O8/c1-8(2)12(13(22)23)16-14(24)15(7-6-11(20)21)9(18)4-5-10(19)17(15)25-3/h8,12H,4-7H2,1-3H3,(H,16,24)(H,20,21)(H,22,23)/t12-,15+/m0/s1. The molecule has 2 atom stereocenters. The number of carboxylic acids is 2. The highest BCUT2D eigenvalue weighted by Gasteiger charge is 2.56. The zero-order valence-electron chi connectivity index (χ0n) is 14.3. The third-order valence-corrected chi connectivity index (χ3v) is 4.08. The van der Waals surface area contributed by atoms with Gasteiger partial charge in [0.2, 0.25) is 11.4 Å². The van der Waals surface area contributed by atoms with Crippen molar-refractivity contribution in [3.63, 3.8) is 0 Å². The number of carbonyl (C=O) groups is 5. The van der Waals surface area contributed by atoms with Gasteiger partial charge in [-0.3, -0.25) is 24.0 Å². The van der Waals surface area contributed by atoms with E-state index >= 15 is 0 Å². The highest BCUT2D eigenvalue weighted by molar-refractivity contribution is 6.15. The molecule has 1 heterocycles. The third kappa shape index (κ3) is 4.13. The van der Waals surface area contributed by atoms with Crippen molar-refractivity contribution in [2.45, 2.75) is 51.1 Å². The maximum absolute atomic E-state index is 12.8. The summed E-state index contributed by atoms with van der Waals surface area (Å²) in [5, 5.41) is 21.0. The fourth-order valence-corrected chi connectivity index (χ4v) is 2.75. The van der Waals surface area contributed by atoms with Crippen LogP contribution in [0, 0.1) is 5.92 Å². The minimum absolute atomic E-state index is 0.179. The van der Waals surface area contributed by atoms with Crippen LogP contribution in [-0.4, -0.2) is 63.5 Å². The molecule has 1 rings (SSSR count). The minimum atomic E-state index is -2.20. The maximum atomic E-state index is 12.8. The summed E-state index contributed by atoms with van der Waals surface area (Å²) >= 11 is 0. The number of hydrogen-bond acceptors (Lipinski definition) is 6. The molecule has 1 aliphatic rings. The van der Waals surface area contributed by atoms with Gasteiger partial charge >= 0.3 is 11.9 Å². The molecule has 0 saturated carbocycles. The molecular formula is C15H22N2O8. The van der Waals surface area contributed by atoms with Gasteiger partial charge in [-0.2, -0.15) is 5.06 Å². The van der Waals surface area contributed by atoms with Crippen LogP contribution in [0.5, 0.6) is 0 Å². The van der Waals surface area contributed by atoms with E-state index in [1.807, 2.05) is 0 Å². The van der Waals surface area contributed by atoms with Crippen LogP contribution >= 0.6 is 0 Å². The lowest BCUT2D eigenvalue weighted by molar-refractivity contribution is -0.218. The van der Waals surface area contributed by atoms with Gasteiger partial charge in [0.25, 0.3) is 5.91 Å². The topological polar surface area (TPSA) is 150 Å². The Labute approximate surface area is 144 Å². The molecule has 2 amide bonds. The van der Waals surface area contributed by atoms with E-state index in [9.17, 15) is 29.1 Å². The Morgan fingerprint density at radius 2 is 1.84 bits per heavy atom. The summed E-state index contributed by atoms with van der Waals surface area (Å²) in [6.07, 6.45) is -1.53. The van der Waals surface area contributed by atoms with Gasteiger partial charge in [-0.15, -0.1) is 0 Å². The van der Waals surface area contributed by atoms with Crippen LogP contribution in [-0.2, 0) is 28.8 Å². The second kappa shape index (κ2) is 8.06. The molecule has 0 unspecified atom stereocenters. The fraction of sp³-hybridized carbons (Fsp3) is 0.667. The van der Waals surface area contributed by atoms with Crippen molar-refractivity contribution in [3.05, 3.63) is 0 Å². The fourth-order valence-electron chi connectivity index (χ4n) is 2.75. The van der Waals surface area contributed by atoms with E-state index in [1.54, 1.807) is 13.8 Å². The number of ketones is 1. The van der Waals surface area contributed by atoms with E-state index in [2.05, 4.69) is 5.32 Å². The number of nitrogens with zero attached hydrogens (tertiary/aromatic N) is 1. The molecule has 1 saturated heterocycles. The van der Waals surface area contributed by atoms with E-state index in [4.69, 9.17) is 9.94 Å². The van der Waals surface area contributed by atoms with E-state index < -0.39 is 59.9 Å². The van der Waals surface area contributed by atoms with Gasteiger partial charge in [0.05, 0.1) is 7.11 Å². The molecule has 140 valence electrons. The number of carboxylic acid groups (broad SMARTS) is 2. The quantitative estimate of drug-likeness (QED) is 0.495. The first-order chi connectivity index (χ1) is 11.6. The number of amides is 2. The molecule has 0 aromatic heterocycles. The van der Waals surface area contributed by atoms with Crippen molar-refractivity contribution in [1.82, 2.24) is 10.4 Å². The van der Waals surface area contributed by atoms with Crippen LogP contribution < -0.4 is 5.32 Å². The zero-order chi connectivity index (χ0) is 19.4. The first-order valence-corrected chi connectivity index (χ1v) is 7.74. The van der Waals surface area contributed by atoms with Crippen molar-refractivity contribution < 1.29 is 39.0 Å². The van der Waals surface area contributed by atoms with E-state index in [0.29, 0.717) is 5.06 Å². The predicted octanol–water partition coefficient (Wildman–Crippen LogP) is -0.432. The molecule has 0 bridgehead atoms. The lowest BCUT2D eigenvalue weighted by atomic mass is 9.81. The Balaban J connectivity index is 3.31. The summed E-state index contributed by atoms with van der Waals surface area (Å²) in [6, 6.07) is -1.31. The molecule has 0 aliphatic carbocycles. The van der Waals surface area contributed by atoms with Crippen molar-refractivity contribution in [3.8, 4) is 0 Å². The van der Waals surface area contributed by atoms with Gasteiger partial charge in [0.1, 0.15) is 6.04 Å². The zero-order valence-corrected chi connectivity index (χ0v) is 14.3. The Hall–Kier alpha value is -2.49. The molecule has 10 nitrogen and oxygen atoms in total. The Kier molecular flexibility index (Phi) is 6.63.